The summed E-state index contributed by atoms with van der Waals surface area (Å²) in [4.78, 5) is 13.5. The molecule has 1 aliphatic heterocycles. The first-order valence-electron chi connectivity index (χ1n) is 6.54. The lowest BCUT2D eigenvalue weighted by atomic mass is 9.94. The fourth-order valence-corrected chi connectivity index (χ4v) is 3.59. The molecule has 0 amide bonds. The van der Waals surface area contributed by atoms with E-state index >= 15 is 0 Å². The molecule has 5 nitrogen and oxygen atoms in total. The number of carbonyl (C=O) groups is 1. The Morgan fingerprint density at radius 3 is 3.11 bits per heavy atom. The van der Waals surface area contributed by atoms with Crippen LogP contribution in [0.2, 0.25) is 0 Å². The molecule has 18 heavy (non-hydrogen) atoms. The molecule has 3 atom stereocenters. The first kappa shape index (κ1) is 11.7. The van der Waals surface area contributed by atoms with Gasteiger partial charge in [-0.15, -0.1) is 0 Å². The maximum Gasteiger partial charge on any atom is 0.321 e. The Morgan fingerprint density at radius 2 is 2.44 bits per heavy atom. The van der Waals surface area contributed by atoms with E-state index in [4.69, 9.17) is 4.52 Å². The highest BCUT2D eigenvalue weighted by Gasteiger charge is 2.47. The van der Waals surface area contributed by atoms with Gasteiger partial charge in [-0.25, -0.2) is 0 Å². The lowest BCUT2D eigenvalue weighted by Gasteiger charge is -2.22. The highest BCUT2D eigenvalue weighted by molar-refractivity contribution is 5.74. The van der Waals surface area contributed by atoms with Gasteiger partial charge >= 0.3 is 5.97 Å². The molecule has 2 fully saturated rings. The molecule has 1 saturated heterocycles. The van der Waals surface area contributed by atoms with Gasteiger partial charge in [-0.05, 0) is 31.6 Å². The molecule has 0 bridgehead atoms. The van der Waals surface area contributed by atoms with Crippen molar-refractivity contribution in [3.63, 3.8) is 0 Å². The third-order valence-electron chi connectivity index (χ3n) is 4.27. The average molecular weight is 250 g/mol. The summed E-state index contributed by atoms with van der Waals surface area (Å²) < 4.78 is 5.19. The summed E-state index contributed by atoms with van der Waals surface area (Å²) >= 11 is 0. The van der Waals surface area contributed by atoms with E-state index in [1.165, 1.54) is 12.8 Å². The minimum absolute atomic E-state index is 0.325. The molecule has 1 aromatic heterocycles. The van der Waals surface area contributed by atoms with Crippen LogP contribution in [0.1, 0.15) is 30.7 Å². The summed E-state index contributed by atoms with van der Waals surface area (Å²) in [5.74, 6) is 0.945. The normalized spacial score (nSPS) is 31.7. The topological polar surface area (TPSA) is 66.6 Å². The van der Waals surface area contributed by atoms with Gasteiger partial charge in [0, 0.05) is 12.6 Å². The van der Waals surface area contributed by atoms with Crippen LogP contribution >= 0.6 is 0 Å². The van der Waals surface area contributed by atoms with Gasteiger partial charge in [0.25, 0.3) is 0 Å². The fourth-order valence-electron chi connectivity index (χ4n) is 3.59. The monoisotopic (exact) mass is 250 g/mol. The van der Waals surface area contributed by atoms with Crippen molar-refractivity contribution < 1.29 is 14.4 Å². The lowest BCUT2D eigenvalue weighted by molar-refractivity contribution is -0.143. The number of likely N-dealkylation sites (tertiary alicyclic amines) is 1. The van der Waals surface area contributed by atoms with Crippen molar-refractivity contribution in [2.45, 2.75) is 38.8 Å². The molecule has 0 spiro atoms. The number of fused-ring (bicyclic) bond motifs is 1. The lowest BCUT2D eigenvalue weighted by Crippen LogP contribution is -2.39. The van der Waals surface area contributed by atoms with Crippen LogP contribution in [0.4, 0.5) is 0 Å². The highest BCUT2D eigenvalue weighted by atomic mass is 16.5. The molecule has 1 N–H and O–H groups in total. The predicted octanol–water partition coefficient (Wildman–Crippen LogP) is 1.67. The number of rotatable bonds is 3. The SMILES string of the molecule is Cc1cc(CN2CC3CCCC3C2C(=O)O)on1. The second-order valence-electron chi connectivity index (χ2n) is 5.50. The van der Waals surface area contributed by atoms with Crippen LogP contribution in [-0.4, -0.2) is 33.7 Å². The Morgan fingerprint density at radius 1 is 1.61 bits per heavy atom. The maximum absolute atomic E-state index is 11.5. The zero-order valence-electron chi connectivity index (χ0n) is 10.5. The molecule has 2 aliphatic rings. The van der Waals surface area contributed by atoms with E-state index in [1.807, 2.05) is 17.9 Å². The van der Waals surface area contributed by atoms with E-state index in [2.05, 4.69) is 5.16 Å². The molecule has 3 unspecified atom stereocenters. The number of aromatic nitrogens is 1. The zero-order chi connectivity index (χ0) is 12.7. The number of carboxylic acids is 1. The van der Waals surface area contributed by atoms with Crippen LogP contribution in [0.3, 0.4) is 0 Å². The Hall–Kier alpha value is -1.36. The number of nitrogens with zero attached hydrogens (tertiary/aromatic N) is 2. The van der Waals surface area contributed by atoms with Gasteiger partial charge < -0.3 is 9.63 Å². The van der Waals surface area contributed by atoms with Gasteiger partial charge in [-0.3, -0.25) is 9.69 Å². The van der Waals surface area contributed by atoms with Crippen LogP contribution < -0.4 is 0 Å². The summed E-state index contributed by atoms with van der Waals surface area (Å²) in [5, 5.41) is 13.3. The van der Waals surface area contributed by atoms with Crippen molar-refractivity contribution in [2.24, 2.45) is 11.8 Å². The molecule has 1 aliphatic carbocycles. The van der Waals surface area contributed by atoms with Gasteiger partial charge in [0.2, 0.25) is 0 Å². The summed E-state index contributed by atoms with van der Waals surface area (Å²) in [7, 11) is 0. The number of carboxylic acid groups (broad SMARTS) is 1. The van der Waals surface area contributed by atoms with Gasteiger partial charge in [0.1, 0.15) is 6.04 Å². The van der Waals surface area contributed by atoms with Crippen molar-refractivity contribution in [2.75, 3.05) is 6.54 Å². The fraction of sp³-hybridized carbons (Fsp3) is 0.692. The van der Waals surface area contributed by atoms with Gasteiger partial charge in [0.15, 0.2) is 5.76 Å². The summed E-state index contributed by atoms with van der Waals surface area (Å²) in [6, 6.07) is 1.54. The molecule has 0 aromatic carbocycles. The van der Waals surface area contributed by atoms with E-state index in [1.54, 1.807) is 0 Å². The first-order chi connectivity index (χ1) is 8.65. The number of hydrogen-bond acceptors (Lipinski definition) is 4. The molecule has 5 heteroatoms. The van der Waals surface area contributed by atoms with Crippen molar-refractivity contribution in [3.8, 4) is 0 Å². The molecular weight excluding hydrogens is 232 g/mol. The van der Waals surface area contributed by atoms with E-state index in [9.17, 15) is 9.90 Å². The molecule has 2 heterocycles. The van der Waals surface area contributed by atoms with Crippen LogP contribution in [0.25, 0.3) is 0 Å². The van der Waals surface area contributed by atoms with Crippen molar-refractivity contribution >= 4 is 5.97 Å². The first-order valence-corrected chi connectivity index (χ1v) is 6.54. The van der Waals surface area contributed by atoms with Crippen LogP contribution in [-0.2, 0) is 11.3 Å². The molecule has 98 valence electrons. The largest absolute Gasteiger partial charge is 0.480 e. The summed E-state index contributed by atoms with van der Waals surface area (Å²) in [6.07, 6.45) is 3.39. The summed E-state index contributed by atoms with van der Waals surface area (Å²) in [5.41, 5.74) is 0.844. The third-order valence-corrected chi connectivity index (χ3v) is 4.27. The number of aliphatic carboxylic acids is 1. The maximum atomic E-state index is 11.5. The Labute approximate surface area is 106 Å². The molecule has 0 radical (unpaired) electrons. The second-order valence-corrected chi connectivity index (χ2v) is 5.50. The minimum Gasteiger partial charge on any atom is -0.480 e. The van der Waals surface area contributed by atoms with Crippen LogP contribution in [0.15, 0.2) is 10.6 Å². The van der Waals surface area contributed by atoms with E-state index in [0.29, 0.717) is 18.4 Å². The highest BCUT2D eigenvalue weighted by Crippen LogP contribution is 2.42. The van der Waals surface area contributed by atoms with Crippen molar-refractivity contribution in [1.82, 2.24) is 10.1 Å². The van der Waals surface area contributed by atoms with Crippen LogP contribution in [0, 0.1) is 18.8 Å². The van der Waals surface area contributed by atoms with Crippen molar-refractivity contribution in [3.05, 3.63) is 17.5 Å². The van der Waals surface area contributed by atoms with Crippen molar-refractivity contribution in [1.29, 1.82) is 0 Å². The Kier molecular flexibility index (Phi) is 2.86. The van der Waals surface area contributed by atoms with E-state index in [-0.39, 0.29) is 6.04 Å². The smallest absolute Gasteiger partial charge is 0.321 e. The number of hydrogen-bond donors (Lipinski definition) is 1. The van der Waals surface area contributed by atoms with E-state index < -0.39 is 5.97 Å². The van der Waals surface area contributed by atoms with Crippen LogP contribution in [0.5, 0.6) is 0 Å². The zero-order valence-corrected chi connectivity index (χ0v) is 10.5. The quantitative estimate of drug-likeness (QED) is 0.883. The van der Waals surface area contributed by atoms with Gasteiger partial charge in [-0.1, -0.05) is 11.6 Å². The standard InChI is InChI=1S/C13H18N2O3/c1-8-5-10(18-14-8)7-15-6-9-3-2-4-11(9)12(15)13(16)17/h5,9,11-12H,2-4,6-7H2,1H3,(H,16,17). The third kappa shape index (κ3) is 1.92. The Bertz CT molecular complexity index is 457. The van der Waals surface area contributed by atoms with E-state index in [0.717, 1.165) is 24.4 Å². The van der Waals surface area contributed by atoms with Gasteiger partial charge in [0.05, 0.1) is 12.2 Å². The molecule has 1 saturated carbocycles. The molecule has 3 rings (SSSR count). The summed E-state index contributed by atoms with van der Waals surface area (Å²) in [6.45, 7) is 3.31. The molecular formula is C13H18N2O3. The second kappa shape index (κ2) is 4.39. The average Bonchev–Trinajstić information content (AvgIpc) is 2.93. The molecule has 1 aromatic rings. The van der Waals surface area contributed by atoms with Gasteiger partial charge in [-0.2, -0.15) is 0 Å². The predicted molar refractivity (Wildman–Crippen MR) is 63.9 cm³/mol. The minimum atomic E-state index is -0.694. The number of aryl methyl sites for hydroxylation is 1. The Balaban J connectivity index is 1.77.